The van der Waals surface area contributed by atoms with Crippen LogP contribution in [0.5, 0.6) is 0 Å². The van der Waals surface area contributed by atoms with Gasteiger partial charge in [-0.15, -0.1) is 0 Å². The largest absolute Gasteiger partial charge is 0.404 e. The summed E-state index contributed by atoms with van der Waals surface area (Å²) in [6, 6.07) is 0. The monoisotopic (exact) mass is 113 g/mol. The second-order valence-corrected chi connectivity index (χ2v) is 1.33. The number of hydrogen-bond acceptors (Lipinski definition) is 3. The summed E-state index contributed by atoms with van der Waals surface area (Å²) in [5.74, 6) is 0. The van der Waals surface area contributed by atoms with E-state index in [0.717, 1.165) is 5.57 Å². The molecule has 46 valence electrons. The van der Waals surface area contributed by atoms with Gasteiger partial charge in [0.2, 0.25) is 0 Å². The summed E-state index contributed by atoms with van der Waals surface area (Å²) in [5, 5.41) is 0. The van der Waals surface area contributed by atoms with Crippen molar-refractivity contribution in [2.45, 2.75) is 0 Å². The molecule has 0 aromatic carbocycles. The Balaban J connectivity index is 3.72. The Morgan fingerprint density at radius 2 is 2.38 bits per heavy atom. The summed E-state index contributed by atoms with van der Waals surface area (Å²) in [4.78, 5) is 3.72. The van der Waals surface area contributed by atoms with E-state index in [1.54, 1.807) is 13.3 Å². The number of rotatable bonds is 2. The lowest BCUT2D eigenvalue weighted by Crippen LogP contribution is -2.05. The van der Waals surface area contributed by atoms with Crippen LogP contribution in [0, 0.1) is 0 Å². The van der Waals surface area contributed by atoms with Crippen LogP contribution in [0.1, 0.15) is 0 Å². The smallest absolute Gasteiger partial charge is 0.0277 e. The third-order valence-electron chi connectivity index (χ3n) is 0.745. The van der Waals surface area contributed by atoms with E-state index < -0.39 is 0 Å². The topological polar surface area (TPSA) is 64.4 Å². The van der Waals surface area contributed by atoms with Gasteiger partial charge < -0.3 is 11.5 Å². The maximum atomic E-state index is 5.23. The summed E-state index contributed by atoms with van der Waals surface area (Å²) in [7, 11) is 1.68. The lowest BCUT2D eigenvalue weighted by atomic mass is 10.3. The van der Waals surface area contributed by atoms with Crippen molar-refractivity contribution in [3.63, 3.8) is 0 Å². The van der Waals surface area contributed by atoms with Crippen molar-refractivity contribution in [2.24, 2.45) is 16.5 Å². The molecule has 0 aromatic heterocycles. The first-order valence-electron chi connectivity index (χ1n) is 2.38. The minimum Gasteiger partial charge on any atom is -0.404 e. The van der Waals surface area contributed by atoms with Gasteiger partial charge in [0.05, 0.1) is 0 Å². The summed E-state index contributed by atoms with van der Waals surface area (Å²) in [5.41, 5.74) is 11.2. The zero-order valence-corrected chi connectivity index (χ0v) is 4.96. The van der Waals surface area contributed by atoms with Gasteiger partial charge in [0.15, 0.2) is 0 Å². The molecule has 3 heteroatoms. The SMILES string of the molecule is C/N=C\C(=C/N)CN. The lowest BCUT2D eigenvalue weighted by molar-refractivity contribution is 1.20. The molecule has 4 N–H and O–H groups in total. The van der Waals surface area contributed by atoms with Gasteiger partial charge in [-0.1, -0.05) is 0 Å². The van der Waals surface area contributed by atoms with Crippen LogP contribution in [0.3, 0.4) is 0 Å². The van der Waals surface area contributed by atoms with Gasteiger partial charge in [-0.25, -0.2) is 0 Å². The summed E-state index contributed by atoms with van der Waals surface area (Å²) < 4.78 is 0. The van der Waals surface area contributed by atoms with Crippen LogP contribution in [0.4, 0.5) is 0 Å². The zero-order chi connectivity index (χ0) is 6.41. The summed E-state index contributed by atoms with van der Waals surface area (Å²) in [6.45, 7) is 0.452. The molecule has 0 radical (unpaired) electrons. The molecule has 0 saturated heterocycles. The fourth-order valence-corrected chi connectivity index (χ4v) is 0.330. The standard InChI is InChI=1S/C5H11N3/c1-8-4-5(2-6)3-7/h2,4H,3,6-7H2,1H3/b5-2-,8-4-. The average molecular weight is 113 g/mol. The van der Waals surface area contributed by atoms with Crippen molar-refractivity contribution in [1.29, 1.82) is 0 Å². The van der Waals surface area contributed by atoms with Crippen LogP contribution in [0.15, 0.2) is 16.8 Å². The summed E-state index contributed by atoms with van der Waals surface area (Å²) in [6.07, 6.45) is 3.09. The van der Waals surface area contributed by atoms with Crippen LogP contribution >= 0.6 is 0 Å². The van der Waals surface area contributed by atoms with Crippen LogP contribution in [-0.2, 0) is 0 Å². The molecule has 0 amide bonds. The van der Waals surface area contributed by atoms with E-state index in [9.17, 15) is 0 Å². The summed E-state index contributed by atoms with van der Waals surface area (Å²) >= 11 is 0. The maximum Gasteiger partial charge on any atom is 0.0277 e. The first-order chi connectivity index (χ1) is 3.85. The van der Waals surface area contributed by atoms with E-state index in [4.69, 9.17) is 11.5 Å². The van der Waals surface area contributed by atoms with E-state index in [2.05, 4.69) is 4.99 Å². The molecule has 8 heavy (non-hydrogen) atoms. The Bertz CT molecular complexity index is 101. The van der Waals surface area contributed by atoms with Gasteiger partial charge in [-0.05, 0) is 11.8 Å². The minimum atomic E-state index is 0.452. The van der Waals surface area contributed by atoms with Gasteiger partial charge >= 0.3 is 0 Å². The molecule has 0 rings (SSSR count). The van der Waals surface area contributed by atoms with Crippen molar-refractivity contribution in [3.8, 4) is 0 Å². The Hall–Kier alpha value is -0.830. The molecule has 0 aliphatic rings. The highest BCUT2D eigenvalue weighted by Gasteiger charge is 1.81. The predicted octanol–water partition coefficient (Wildman–Crippen LogP) is -0.512. The van der Waals surface area contributed by atoms with Gasteiger partial charge in [0.1, 0.15) is 0 Å². The number of hydrogen-bond donors (Lipinski definition) is 2. The molecule has 0 heterocycles. The molecule has 0 unspecified atom stereocenters. The highest BCUT2D eigenvalue weighted by molar-refractivity contribution is 5.78. The molecule has 0 atom stereocenters. The highest BCUT2D eigenvalue weighted by atomic mass is 14.7. The normalized spacial score (nSPS) is 13.0. The Labute approximate surface area is 49.1 Å². The molecule has 0 bridgehead atoms. The second kappa shape index (κ2) is 4.33. The Morgan fingerprint density at radius 1 is 1.75 bits per heavy atom. The molecule has 0 aliphatic carbocycles. The zero-order valence-electron chi connectivity index (χ0n) is 4.96. The quantitative estimate of drug-likeness (QED) is 0.474. The van der Waals surface area contributed by atoms with E-state index >= 15 is 0 Å². The van der Waals surface area contributed by atoms with Gasteiger partial charge in [0.25, 0.3) is 0 Å². The molecule has 3 nitrogen and oxygen atoms in total. The molecule has 0 fully saturated rings. The highest BCUT2D eigenvalue weighted by Crippen LogP contribution is 1.79. The van der Waals surface area contributed by atoms with Crippen molar-refractivity contribution < 1.29 is 0 Å². The van der Waals surface area contributed by atoms with E-state index in [0.29, 0.717) is 6.54 Å². The van der Waals surface area contributed by atoms with Crippen molar-refractivity contribution >= 4 is 6.21 Å². The van der Waals surface area contributed by atoms with Gasteiger partial charge in [0, 0.05) is 19.8 Å². The molecular weight excluding hydrogens is 102 g/mol. The van der Waals surface area contributed by atoms with Crippen molar-refractivity contribution in [2.75, 3.05) is 13.6 Å². The van der Waals surface area contributed by atoms with Crippen LogP contribution in [-0.4, -0.2) is 19.8 Å². The number of nitrogens with zero attached hydrogens (tertiary/aromatic N) is 1. The van der Waals surface area contributed by atoms with Crippen molar-refractivity contribution in [1.82, 2.24) is 0 Å². The molecule has 0 aromatic rings. The minimum absolute atomic E-state index is 0.452. The van der Waals surface area contributed by atoms with Crippen LogP contribution in [0.2, 0.25) is 0 Å². The Morgan fingerprint density at radius 3 is 2.50 bits per heavy atom. The number of nitrogens with two attached hydrogens (primary N) is 2. The van der Waals surface area contributed by atoms with Crippen LogP contribution < -0.4 is 11.5 Å². The number of aliphatic imine (C=N–C) groups is 1. The third kappa shape index (κ3) is 2.36. The molecule has 0 saturated carbocycles. The molecule has 0 aliphatic heterocycles. The fourth-order valence-electron chi connectivity index (χ4n) is 0.330. The van der Waals surface area contributed by atoms with Crippen molar-refractivity contribution in [3.05, 3.63) is 11.8 Å². The van der Waals surface area contributed by atoms with Crippen LogP contribution in [0.25, 0.3) is 0 Å². The Kier molecular flexibility index (Phi) is 3.88. The first-order valence-corrected chi connectivity index (χ1v) is 2.38. The molecule has 0 spiro atoms. The van der Waals surface area contributed by atoms with E-state index in [1.807, 2.05) is 0 Å². The lowest BCUT2D eigenvalue weighted by Gasteiger charge is -1.89. The van der Waals surface area contributed by atoms with Gasteiger partial charge in [-0.3, -0.25) is 4.99 Å². The fraction of sp³-hybridized carbons (Fsp3) is 0.400. The maximum absolute atomic E-state index is 5.23. The first kappa shape index (κ1) is 7.17. The van der Waals surface area contributed by atoms with E-state index in [1.165, 1.54) is 6.20 Å². The van der Waals surface area contributed by atoms with E-state index in [-0.39, 0.29) is 0 Å². The third-order valence-corrected chi connectivity index (χ3v) is 0.745. The molecular formula is C5H11N3. The van der Waals surface area contributed by atoms with Gasteiger partial charge in [-0.2, -0.15) is 0 Å². The second-order valence-electron chi connectivity index (χ2n) is 1.33. The average Bonchev–Trinajstić information content (AvgIpc) is 1.83. The predicted molar refractivity (Wildman–Crippen MR) is 35.7 cm³/mol.